The van der Waals surface area contributed by atoms with Gasteiger partial charge in [-0.1, -0.05) is 30.3 Å². The van der Waals surface area contributed by atoms with Gasteiger partial charge in [0.15, 0.2) is 0 Å². The van der Waals surface area contributed by atoms with Gasteiger partial charge in [0, 0.05) is 36.9 Å². The first-order valence-corrected chi connectivity index (χ1v) is 9.06. The molecule has 1 fully saturated rings. The van der Waals surface area contributed by atoms with Crippen LogP contribution in [0.4, 0.5) is 0 Å². The van der Waals surface area contributed by atoms with Gasteiger partial charge in [-0.25, -0.2) is 0 Å². The van der Waals surface area contributed by atoms with E-state index in [9.17, 15) is 9.59 Å². The maximum absolute atomic E-state index is 12.3. The molecule has 1 saturated heterocycles. The molecule has 2 atom stereocenters. The highest BCUT2D eigenvalue weighted by Crippen LogP contribution is 2.19. The molecule has 1 aromatic carbocycles. The van der Waals surface area contributed by atoms with Crippen molar-refractivity contribution in [1.82, 2.24) is 10.6 Å². The number of nitrogens with one attached hydrogen (secondary N) is 2. The van der Waals surface area contributed by atoms with Gasteiger partial charge in [0.2, 0.25) is 5.91 Å². The van der Waals surface area contributed by atoms with E-state index in [0.29, 0.717) is 12.8 Å². The quantitative estimate of drug-likeness (QED) is 0.744. The SMILES string of the molecule is COC(=O)CCC(NC(=O)CC1CSCCN1)c1ccccc1. The van der Waals surface area contributed by atoms with Crippen molar-refractivity contribution >= 4 is 23.6 Å². The number of amides is 1. The molecule has 1 aliphatic rings. The average molecular weight is 336 g/mol. The van der Waals surface area contributed by atoms with E-state index in [1.807, 2.05) is 42.1 Å². The Morgan fingerprint density at radius 3 is 2.83 bits per heavy atom. The number of ether oxygens (including phenoxy) is 1. The molecule has 6 heteroatoms. The largest absolute Gasteiger partial charge is 0.469 e. The molecule has 0 radical (unpaired) electrons. The van der Waals surface area contributed by atoms with Crippen LogP contribution in [0.15, 0.2) is 30.3 Å². The summed E-state index contributed by atoms with van der Waals surface area (Å²) in [6, 6.07) is 9.81. The van der Waals surface area contributed by atoms with Crippen molar-refractivity contribution in [2.24, 2.45) is 0 Å². The Morgan fingerprint density at radius 2 is 2.17 bits per heavy atom. The topological polar surface area (TPSA) is 67.4 Å². The van der Waals surface area contributed by atoms with Crippen molar-refractivity contribution in [2.45, 2.75) is 31.3 Å². The van der Waals surface area contributed by atoms with E-state index in [-0.39, 0.29) is 30.4 Å². The molecule has 126 valence electrons. The number of hydrogen-bond acceptors (Lipinski definition) is 5. The maximum Gasteiger partial charge on any atom is 0.305 e. The highest BCUT2D eigenvalue weighted by atomic mass is 32.2. The zero-order chi connectivity index (χ0) is 16.5. The Hall–Kier alpha value is -1.53. The van der Waals surface area contributed by atoms with E-state index in [1.54, 1.807) is 0 Å². The molecule has 0 bridgehead atoms. The predicted molar refractivity (Wildman–Crippen MR) is 92.3 cm³/mol. The van der Waals surface area contributed by atoms with E-state index in [1.165, 1.54) is 7.11 Å². The van der Waals surface area contributed by atoms with E-state index in [2.05, 4.69) is 10.6 Å². The van der Waals surface area contributed by atoms with Gasteiger partial charge in [-0.2, -0.15) is 11.8 Å². The average Bonchev–Trinajstić information content (AvgIpc) is 2.59. The zero-order valence-corrected chi connectivity index (χ0v) is 14.2. The summed E-state index contributed by atoms with van der Waals surface area (Å²) in [4.78, 5) is 23.7. The lowest BCUT2D eigenvalue weighted by Gasteiger charge is -2.24. The van der Waals surface area contributed by atoms with Crippen LogP contribution >= 0.6 is 11.8 Å². The van der Waals surface area contributed by atoms with Crippen LogP contribution in [-0.4, -0.2) is 43.1 Å². The van der Waals surface area contributed by atoms with Crippen molar-refractivity contribution in [3.05, 3.63) is 35.9 Å². The molecular weight excluding hydrogens is 312 g/mol. The van der Waals surface area contributed by atoms with Crippen LogP contribution in [0.2, 0.25) is 0 Å². The highest BCUT2D eigenvalue weighted by Gasteiger charge is 2.20. The van der Waals surface area contributed by atoms with Crippen molar-refractivity contribution in [1.29, 1.82) is 0 Å². The van der Waals surface area contributed by atoms with Crippen molar-refractivity contribution in [3.63, 3.8) is 0 Å². The Labute approximate surface area is 141 Å². The molecular formula is C17H24N2O3S. The summed E-state index contributed by atoms with van der Waals surface area (Å²) in [5.41, 5.74) is 1.01. The van der Waals surface area contributed by atoms with Gasteiger partial charge >= 0.3 is 5.97 Å². The maximum atomic E-state index is 12.3. The fourth-order valence-corrected chi connectivity index (χ4v) is 3.55. The number of benzene rings is 1. The first-order valence-electron chi connectivity index (χ1n) is 7.91. The number of carbonyl (C=O) groups excluding carboxylic acids is 2. The van der Waals surface area contributed by atoms with Gasteiger partial charge in [0.05, 0.1) is 13.2 Å². The molecule has 0 aromatic heterocycles. The van der Waals surface area contributed by atoms with Crippen LogP contribution in [0.25, 0.3) is 0 Å². The zero-order valence-electron chi connectivity index (χ0n) is 13.4. The second-order valence-corrected chi connectivity index (χ2v) is 6.73. The van der Waals surface area contributed by atoms with Gasteiger partial charge in [0.1, 0.15) is 0 Å². The number of esters is 1. The number of methoxy groups -OCH3 is 1. The lowest BCUT2D eigenvalue weighted by Crippen LogP contribution is -2.42. The van der Waals surface area contributed by atoms with Crippen LogP contribution in [-0.2, 0) is 14.3 Å². The number of rotatable bonds is 7. The minimum atomic E-state index is -0.259. The van der Waals surface area contributed by atoms with Gasteiger partial charge < -0.3 is 15.4 Å². The van der Waals surface area contributed by atoms with Gasteiger partial charge in [0.25, 0.3) is 0 Å². The Balaban J connectivity index is 1.93. The summed E-state index contributed by atoms with van der Waals surface area (Å²) in [6.07, 6.45) is 1.29. The normalized spacial score (nSPS) is 18.9. The van der Waals surface area contributed by atoms with Gasteiger partial charge in [-0.15, -0.1) is 0 Å². The molecule has 1 aromatic rings. The predicted octanol–water partition coefficient (Wildman–Crippen LogP) is 1.89. The van der Waals surface area contributed by atoms with Crippen LogP contribution in [0.5, 0.6) is 0 Å². The molecule has 2 N–H and O–H groups in total. The van der Waals surface area contributed by atoms with E-state index < -0.39 is 0 Å². The van der Waals surface area contributed by atoms with Crippen LogP contribution in [0.1, 0.15) is 30.9 Å². The van der Waals surface area contributed by atoms with Crippen molar-refractivity contribution < 1.29 is 14.3 Å². The van der Waals surface area contributed by atoms with Crippen molar-refractivity contribution in [2.75, 3.05) is 25.2 Å². The molecule has 5 nitrogen and oxygen atoms in total. The monoisotopic (exact) mass is 336 g/mol. The van der Waals surface area contributed by atoms with Gasteiger partial charge in [-0.05, 0) is 12.0 Å². The second-order valence-electron chi connectivity index (χ2n) is 5.58. The lowest BCUT2D eigenvalue weighted by atomic mass is 10.0. The summed E-state index contributed by atoms with van der Waals surface area (Å²) in [7, 11) is 1.38. The second kappa shape index (κ2) is 9.57. The van der Waals surface area contributed by atoms with Crippen LogP contribution in [0.3, 0.4) is 0 Å². The lowest BCUT2D eigenvalue weighted by molar-refractivity contribution is -0.141. The standard InChI is InChI=1S/C17H24N2O3S/c1-22-17(21)8-7-15(13-5-3-2-4-6-13)19-16(20)11-14-12-23-10-9-18-14/h2-6,14-15,18H,7-12H2,1H3,(H,19,20). The summed E-state index contributed by atoms with van der Waals surface area (Å²) in [6.45, 7) is 0.951. The number of hydrogen-bond donors (Lipinski definition) is 2. The molecule has 0 aliphatic carbocycles. The smallest absolute Gasteiger partial charge is 0.305 e. The third kappa shape index (κ3) is 6.23. The van der Waals surface area contributed by atoms with E-state index in [4.69, 9.17) is 4.74 Å². The molecule has 1 aliphatic heterocycles. The summed E-state index contributed by atoms with van der Waals surface area (Å²) < 4.78 is 4.70. The number of thioether (sulfide) groups is 1. The summed E-state index contributed by atoms with van der Waals surface area (Å²) in [5, 5.41) is 6.43. The molecule has 1 amide bonds. The summed E-state index contributed by atoms with van der Waals surface area (Å²) >= 11 is 1.87. The third-order valence-electron chi connectivity index (χ3n) is 3.83. The van der Waals surface area contributed by atoms with E-state index >= 15 is 0 Å². The molecule has 1 heterocycles. The molecule has 0 saturated carbocycles. The fourth-order valence-electron chi connectivity index (χ4n) is 2.60. The molecule has 23 heavy (non-hydrogen) atoms. The van der Waals surface area contributed by atoms with Crippen LogP contribution < -0.4 is 10.6 Å². The minimum Gasteiger partial charge on any atom is -0.469 e. The van der Waals surface area contributed by atoms with Gasteiger partial charge in [-0.3, -0.25) is 9.59 Å². The molecule has 2 unspecified atom stereocenters. The Bertz CT molecular complexity index is 504. The highest BCUT2D eigenvalue weighted by molar-refractivity contribution is 7.99. The van der Waals surface area contributed by atoms with Crippen LogP contribution in [0, 0.1) is 0 Å². The first kappa shape index (κ1) is 17.8. The number of carbonyl (C=O) groups is 2. The summed E-state index contributed by atoms with van der Waals surface area (Å²) in [5.74, 6) is 1.82. The van der Waals surface area contributed by atoms with Crippen molar-refractivity contribution in [3.8, 4) is 0 Å². The Kier molecular flexibility index (Phi) is 7.42. The third-order valence-corrected chi connectivity index (χ3v) is 4.96. The van der Waals surface area contributed by atoms with E-state index in [0.717, 1.165) is 23.6 Å². The molecule has 2 rings (SSSR count). The Morgan fingerprint density at radius 1 is 1.39 bits per heavy atom. The first-order chi connectivity index (χ1) is 11.2. The minimum absolute atomic E-state index is 0.0173. The molecule has 0 spiro atoms. The fraction of sp³-hybridized carbons (Fsp3) is 0.529.